The molecule has 0 radical (unpaired) electrons. The number of nitrogens with one attached hydrogen (secondary N) is 2. The van der Waals surface area contributed by atoms with E-state index < -0.39 is 34.4 Å². The molecule has 2 amide bonds. The molecule has 31 heavy (non-hydrogen) atoms. The minimum Gasteiger partial charge on any atom is -0.449 e. The average Bonchev–Trinajstić information content (AvgIpc) is 3.50. The van der Waals surface area contributed by atoms with Crippen molar-refractivity contribution in [1.82, 2.24) is 0 Å². The summed E-state index contributed by atoms with van der Waals surface area (Å²) in [5.41, 5.74) is 0.0280. The fourth-order valence-corrected chi connectivity index (χ4v) is 3.82. The van der Waals surface area contributed by atoms with Crippen LogP contribution in [0.3, 0.4) is 0 Å². The first kappa shape index (κ1) is 22.3. The van der Waals surface area contributed by atoms with Gasteiger partial charge in [0.2, 0.25) is 11.7 Å². The number of nitro benzene ring substituents is 1. The van der Waals surface area contributed by atoms with Crippen LogP contribution >= 0.6 is 11.3 Å². The second-order valence-electron chi connectivity index (χ2n) is 7.21. The van der Waals surface area contributed by atoms with Crippen LogP contribution in [0.5, 0.6) is 0 Å². The molecule has 1 aliphatic rings. The quantitative estimate of drug-likeness (QED) is 0.374. The largest absolute Gasteiger partial charge is 0.449 e. The molecule has 1 aliphatic carbocycles. The Morgan fingerprint density at radius 2 is 1.94 bits per heavy atom. The third-order valence-electron chi connectivity index (χ3n) is 4.84. The van der Waals surface area contributed by atoms with Crippen LogP contribution in [-0.4, -0.2) is 28.8 Å². The molecule has 0 spiro atoms. The molecule has 1 atom stereocenters. The topological polar surface area (TPSA) is 128 Å². The Kier molecular flexibility index (Phi) is 6.34. The third-order valence-corrected chi connectivity index (χ3v) is 5.96. The van der Waals surface area contributed by atoms with Crippen LogP contribution in [0.4, 0.5) is 20.8 Å². The van der Waals surface area contributed by atoms with Crippen molar-refractivity contribution in [3.63, 3.8) is 0 Å². The van der Waals surface area contributed by atoms with E-state index in [9.17, 15) is 28.9 Å². The van der Waals surface area contributed by atoms with Crippen LogP contribution in [0.25, 0.3) is 0 Å². The molecule has 3 rings (SSSR count). The van der Waals surface area contributed by atoms with Crippen molar-refractivity contribution in [2.45, 2.75) is 39.7 Å². The van der Waals surface area contributed by atoms with Gasteiger partial charge < -0.3 is 15.4 Å². The standard InChI is InChI=1S/C20H20FN3O6S/c1-9-11(3)31-19(23-18(26)12-4-5-12)16(9)20(27)30-10(2)17(25)22-13-6-7-14(21)15(8-13)24(28)29/h6-8,10,12H,4-5H2,1-3H3,(H,22,25)(H,23,26). The zero-order chi connectivity index (χ0) is 22.9. The number of nitrogens with zero attached hydrogens (tertiary/aromatic N) is 1. The number of nitro groups is 1. The molecular weight excluding hydrogens is 429 g/mol. The van der Waals surface area contributed by atoms with Crippen molar-refractivity contribution in [3.05, 3.63) is 50.1 Å². The molecule has 0 saturated heterocycles. The van der Waals surface area contributed by atoms with Gasteiger partial charge in [0.25, 0.3) is 5.91 Å². The number of hydrogen-bond donors (Lipinski definition) is 2. The van der Waals surface area contributed by atoms with Crippen LogP contribution in [0.1, 0.15) is 40.6 Å². The van der Waals surface area contributed by atoms with Gasteiger partial charge in [0.15, 0.2) is 6.10 Å². The molecule has 9 nitrogen and oxygen atoms in total. The number of carbonyl (C=O) groups is 3. The van der Waals surface area contributed by atoms with Gasteiger partial charge in [-0.3, -0.25) is 19.7 Å². The number of ether oxygens (including phenoxy) is 1. The predicted molar refractivity (Wildman–Crippen MR) is 112 cm³/mol. The Balaban J connectivity index is 1.70. The molecule has 1 unspecified atom stereocenters. The van der Waals surface area contributed by atoms with E-state index in [0.717, 1.165) is 35.9 Å². The number of carbonyl (C=O) groups excluding carboxylic acids is 3. The van der Waals surface area contributed by atoms with Crippen molar-refractivity contribution in [1.29, 1.82) is 0 Å². The van der Waals surface area contributed by atoms with E-state index in [4.69, 9.17) is 4.74 Å². The minimum atomic E-state index is -1.25. The molecule has 1 saturated carbocycles. The molecule has 1 heterocycles. The third kappa shape index (κ3) is 5.05. The van der Waals surface area contributed by atoms with E-state index >= 15 is 0 Å². The van der Waals surface area contributed by atoms with Crippen molar-refractivity contribution in [2.75, 3.05) is 10.6 Å². The van der Waals surface area contributed by atoms with E-state index in [1.54, 1.807) is 13.8 Å². The van der Waals surface area contributed by atoms with Gasteiger partial charge in [0.1, 0.15) is 5.00 Å². The summed E-state index contributed by atoms with van der Waals surface area (Å²) >= 11 is 1.25. The van der Waals surface area contributed by atoms with Crippen molar-refractivity contribution >= 4 is 45.5 Å². The molecule has 1 aromatic carbocycles. The van der Waals surface area contributed by atoms with Gasteiger partial charge in [-0.15, -0.1) is 11.3 Å². The summed E-state index contributed by atoms with van der Waals surface area (Å²) < 4.78 is 18.7. The number of anilines is 2. The maximum absolute atomic E-state index is 13.4. The van der Waals surface area contributed by atoms with Gasteiger partial charge in [0, 0.05) is 22.5 Å². The van der Waals surface area contributed by atoms with Crippen LogP contribution in [0, 0.1) is 35.7 Å². The predicted octanol–water partition coefficient (Wildman–Crippen LogP) is 3.94. The molecule has 11 heteroatoms. The SMILES string of the molecule is Cc1sc(NC(=O)C2CC2)c(C(=O)OC(C)C(=O)Nc2ccc(F)c([N+](=O)[O-])c2)c1C. The highest BCUT2D eigenvalue weighted by atomic mass is 32.1. The summed E-state index contributed by atoms with van der Waals surface area (Å²) in [6.07, 6.45) is 0.379. The normalized spacial score (nSPS) is 13.9. The zero-order valence-electron chi connectivity index (χ0n) is 17.0. The first-order chi connectivity index (χ1) is 14.6. The van der Waals surface area contributed by atoms with Gasteiger partial charge >= 0.3 is 11.7 Å². The molecule has 2 aromatic rings. The summed E-state index contributed by atoms with van der Waals surface area (Å²) in [5.74, 6) is -2.76. The maximum Gasteiger partial charge on any atom is 0.342 e. The Morgan fingerprint density at radius 1 is 1.26 bits per heavy atom. The summed E-state index contributed by atoms with van der Waals surface area (Å²) in [7, 11) is 0. The lowest BCUT2D eigenvalue weighted by Gasteiger charge is -2.14. The zero-order valence-corrected chi connectivity index (χ0v) is 17.8. The number of hydrogen-bond acceptors (Lipinski definition) is 7. The van der Waals surface area contributed by atoms with Crippen molar-refractivity contribution in [3.8, 4) is 0 Å². The number of esters is 1. The first-order valence-corrected chi connectivity index (χ1v) is 10.3. The minimum absolute atomic E-state index is 0.0130. The number of benzene rings is 1. The molecular formula is C20H20FN3O6S. The molecule has 0 bridgehead atoms. The van der Waals surface area contributed by atoms with E-state index in [1.165, 1.54) is 18.3 Å². The average molecular weight is 449 g/mol. The highest BCUT2D eigenvalue weighted by Gasteiger charge is 2.32. The molecule has 0 aliphatic heterocycles. The summed E-state index contributed by atoms with van der Waals surface area (Å²) in [6.45, 7) is 4.86. The van der Waals surface area contributed by atoms with E-state index in [0.29, 0.717) is 10.6 Å². The fraction of sp³-hybridized carbons (Fsp3) is 0.350. The van der Waals surface area contributed by atoms with Gasteiger partial charge in [0.05, 0.1) is 10.5 Å². The highest BCUT2D eigenvalue weighted by molar-refractivity contribution is 7.16. The van der Waals surface area contributed by atoms with Gasteiger partial charge in [-0.25, -0.2) is 4.79 Å². The Bertz CT molecular complexity index is 1080. The molecule has 164 valence electrons. The second-order valence-corrected chi connectivity index (χ2v) is 8.44. The maximum atomic E-state index is 13.4. The summed E-state index contributed by atoms with van der Waals surface area (Å²) in [6, 6.07) is 2.89. The van der Waals surface area contributed by atoms with E-state index in [2.05, 4.69) is 10.6 Å². The lowest BCUT2D eigenvalue weighted by molar-refractivity contribution is -0.387. The number of rotatable bonds is 7. The highest BCUT2D eigenvalue weighted by Crippen LogP contribution is 2.36. The van der Waals surface area contributed by atoms with Crippen molar-refractivity contribution in [2.24, 2.45) is 5.92 Å². The van der Waals surface area contributed by atoms with Crippen LogP contribution in [0.15, 0.2) is 18.2 Å². The van der Waals surface area contributed by atoms with Gasteiger partial charge in [-0.05, 0) is 51.3 Å². The second kappa shape index (κ2) is 8.80. The molecule has 2 N–H and O–H groups in total. The first-order valence-electron chi connectivity index (χ1n) is 9.45. The summed E-state index contributed by atoms with van der Waals surface area (Å²) in [4.78, 5) is 48.0. The number of thiophene rings is 1. The van der Waals surface area contributed by atoms with Crippen LogP contribution in [-0.2, 0) is 14.3 Å². The van der Waals surface area contributed by atoms with Gasteiger partial charge in [-0.2, -0.15) is 4.39 Å². The molecule has 1 aromatic heterocycles. The van der Waals surface area contributed by atoms with E-state index in [1.807, 2.05) is 0 Å². The summed E-state index contributed by atoms with van der Waals surface area (Å²) in [5, 5.41) is 16.3. The Morgan fingerprint density at radius 3 is 2.55 bits per heavy atom. The molecule has 1 fully saturated rings. The van der Waals surface area contributed by atoms with Crippen LogP contribution < -0.4 is 10.6 Å². The Hall–Kier alpha value is -3.34. The number of amides is 2. The van der Waals surface area contributed by atoms with Crippen LogP contribution in [0.2, 0.25) is 0 Å². The number of halogens is 1. The lowest BCUT2D eigenvalue weighted by atomic mass is 10.1. The number of aryl methyl sites for hydroxylation is 1. The smallest absolute Gasteiger partial charge is 0.342 e. The Labute approximate surface area is 180 Å². The fourth-order valence-electron chi connectivity index (χ4n) is 2.77. The van der Waals surface area contributed by atoms with Gasteiger partial charge in [-0.1, -0.05) is 0 Å². The van der Waals surface area contributed by atoms with E-state index in [-0.39, 0.29) is 23.1 Å². The van der Waals surface area contributed by atoms with Crippen molar-refractivity contribution < 1.29 is 28.4 Å². The lowest BCUT2D eigenvalue weighted by Crippen LogP contribution is -2.30. The monoisotopic (exact) mass is 449 g/mol.